The lowest BCUT2D eigenvalue weighted by Crippen LogP contribution is -2.02. The standard InChI is InChI=1S/C8H10ClFO2/c1-8(2)4(3-5(9)10)6(8)7(11)12/h3-4,6H,1-2H3,(H,11,12)/b5-3-/t4-,6+/m1/s1. The first-order valence-corrected chi connectivity index (χ1v) is 4.01. The van der Waals surface area contributed by atoms with Crippen LogP contribution in [0.3, 0.4) is 0 Å². The van der Waals surface area contributed by atoms with Crippen molar-refractivity contribution in [2.75, 3.05) is 0 Å². The first-order chi connectivity index (χ1) is 5.37. The highest BCUT2D eigenvalue weighted by molar-refractivity contribution is 6.28. The Morgan fingerprint density at radius 1 is 1.67 bits per heavy atom. The van der Waals surface area contributed by atoms with Crippen molar-refractivity contribution in [3.05, 3.63) is 11.4 Å². The Hall–Kier alpha value is -0.570. The van der Waals surface area contributed by atoms with Crippen LogP contribution in [0.4, 0.5) is 4.39 Å². The second kappa shape index (κ2) is 2.73. The summed E-state index contributed by atoms with van der Waals surface area (Å²) in [6, 6.07) is 0. The molecule has 2 nitrogen and oxygen atoms in total. The number of hydrogen-bond donors (Lipinski definition) is 1. The van der Waals surface area contributed by atoms with Crippen molar-refractivity contribution in [2.45, 2.75) is 13.8 Å². The molecule has 1 rings (SSSR count). The quantitative estimate of drug-likeness (QED) is 0.730. The second-order valence-electron chi connectivity index (χ2n) is 3.62. The van der Waals surface area contributed by atoms with Gasteiger partial charge in [-0.2, -0.15) is 4.39 Å². The summed E-state index contributed by atoms with van der Waals surface area (Å²) in [5.74, 6) is -1.66. The molecule has 0 spiro atoms. The summed E-state index contributed by atoms with van der Waals surface area (Å²) in [6.45, 7) is 3.57. The lowest BCUT2D eigenvalue weighted by molar-refractivity contribution is -0.139. The molecule has 1 fully saturated rings. The number of carbonyl (C=O) groups is 1. The Balaban J connectivity index is 2.73. The summed E-state index contributed by atoms with van der Waals surface area (Å²) < 4.78 is 12.2. The number of allylic oxidation sites excluding steroid dienone is 1. The molecule has 1 aliphatic rings. The third-order valence-corrected chi connectivity index (χ3v) is 2.61. The number of carboxylic acids is 1. The Kier molecular flexibility index (Phi) is 2.17. The normalized spacial score (nSPS) is 33.2. The zero-order valence-corrected chi connectivity index (χ0v) is 7.60. The van der Waals surface area contributed by atoms with Crippen LogP contribution in [0, 0.1) is 17.3 Å². The van der Waals surface area contributed by atoms with Gasteiger partial charge in [0.15, 0.2) is 5.29 Å². The van der Waals surface area contributed by atoms with E-state index in [2.05, 4.69) is 0 Å². The smallest absolute Gasteiger partial charge is 0.307 e. The Bertz CT molecular complexity index is 243. The fraction of sp³-hybridized carbons (Fsp3) is 0.625. The maximum absolute atomic E-state index is 12.2. The van der Waals surface area contributed by atoms with Crippen molar-refractivity contribution in [1.82, 2.24) is 0 Å². The van der Waals surface area contributed by atoms with Crippen LogP contribution >= 0.6 is 11.6 Å². The van der Waals surface area contributed by atoms with E-state index in [9.17, 15) is 9.18 Å². The fourth-order valence-corrected chi connectivity index (χ4v) is 1.73. The molecule has 0 aromatic heterocycles. The van der Waals surface area contributed by atoms with Crippen LogP contribution in [-0.4, -0.2) is 11.1 Å². The van der Waals surface area contributed by atoms with Crippen LogP contribution < -0.4 is 0 Å². The molecule has 0 unspecified atom stereocenters. The highest BCUT2D eigenvalue weighted by atomic mass is 35.5. The summed E-state index contributed by atoms with van der Waals surface area (Å²) >= 11 is 5.01. The van der Waals surface area contributed by atoms with Crippen molar-refractivity contribution < 1.29 is 14.3 Å². The summed E-state index contributed by atoms with van der Waals surface area (Å²) in [7, 11) is 0. The van der Waals surface area contributed by atoms with E-state index < -0.39 is 17.2 Å². The molecule has 1 N–H and O–H groups in total. The Morgan fingerprint density at radius 2 is 2.17 bits per heavy atom. The maximum Gasteiger partial charge on any atom is 0.307 e. The van der Waals surface area contributed by atoms with Gasteiger partial charge in [-0.05, 0) is 11.5 Å². The van der Waals surface area contributed by atoms with Crippen LogP contribution in [0.5, 0.6) is 0 Å². The van der Waals surface area contributed by atoms with Crippen LogP contribution in [0.2, 0.25) is 0 Å². The minimum Gasteiger partial charge on any atom is -0.481 e. The van der Waals surface area contributed by atoms with Crippen molar-refractivity contribution in [1.29, 1.82) is 0 Å². The third-order valence-electron chi connectivity index (χ3n) is 2.48. The largest absolute Gasteiger partial charge is 0.481 e. The summed E-state index contributed by atoms with van der Waals surface area (Å²) in [5.41, 5.74) is -0.363. The van der Waals surface area contributed by atoms with Gasteiger partial charge in [-0.15, -0.1) is 0 Å². The van der Waals surface area contributed by atoms with E-state index in [0.717, 1.165) is 0 Å². The molecule has 0 aromatic rings. The predicted molar refractivity (Wildman–Crippen MR) is 43.4 cm³/mol. The molecular formula is C8H10ClFO2. The topological polar surface area (TPSA) is 37.3 Å². The average molecular weight is 193 g/mol. The SMILES string of the molecule is CC1(C)[C@H](/C=C(\F)Cl)[C@H]1C(=O)O. The second-order valence-corrected chi connectivity index (χ2v) is 3.98. The van der Waals surface area contributed by atoms with Crippen molar-refractivity contribution >= 4 is 17.6 Å². The molecule has 4 heteroatoms. The van der Waals surface area contributed by atoms with Gasteiger partial charge in [-0.1, -0.05) is 25.4 Å². The van der Waals surface area contributed by atoms with Gasteiger partial charge < -0.3 is 5.11 Å². The van der Waals surface area contributed by atoms with Gasteiger partial charge in [0.05, 0.1) is 5.92 Å². The number of aliphatic carboxylic acids is 1. The number of rotatable bonds is 2. The Morgan fingerprint density at radius 3 is 2.42 bits per heavy atom. The summed E-state index contributed by atoms with van der Waals surface area (Å²) in [5, 5.41) is 7.86. The van der Waals surface area contributed by atoms with Crippen molar-refractivity contribution in [3.8, 4) is 0 Å². The van der Waals surface area contributed by atoms with E-state index in [1.807, 2.05) is 0 Å². The minimum atomic E-state index is -0.890. The third kappa shape index (κ3) is 1.46. The van der Waals surface area contributed by atoms with E-state index in [4.69, 9.17) is 16.7 Å². The van der Waals surface area contributed by atoms with Crippen LogP contribution in [-0.2, 0) is 4.79 Å². The first kappa shape index (κ1) is 9.52. The molecule has 0 saturated heterocycles. The van der Waals surface area contributed by atoms with E-state index in [1.165, 1.54) is 6.08 Å². The van der Waals surface area contributed by atoms with Gasteiger partial charge in [0.2, 0.25) is 0 Å². The Labute approximate surface area is 75.0 Å². The molecule has 0 heterocycles. The minimum absolute atomic E-state index is 0.271. The number of carboxylic acid groups (broad SMARTS) is 1. The average Bonchev–Trinajstić information content (AvgIpc) is 2.32. The molecular weight excluding hydrogens is 183 g/mol. The van der Waals surface area contributed by atoms with E-state index >= 15 is 0 Å². The molecule has 0 radical (unpaired) electrons. The summed E-state index contributed by atoms with van der Waals surface area (Å²) in [4.78, 5) is 10.6. The molecule has 0 aromatic carbocycles. The highest BCUT2D eigenvalue weighted by Crippen LogP contribution is 2.59. The van der Waals surface area contributed by atoms with Gasteiger partial charge >= 0.3 is 5.97 Å². The van der Waals surface area contributed by atoms with E-state index in [0.29, 0.717) is 0 Å². The number of halogens is 2. The lowest BCUT2D eigenvalue weighted by Gasteiger charge is -1.95. The highest BCUT2D eigenvalue weighted by Gasteiger charge is 2.61. The van der Waals surface area contributed by atoms with Gasteiger partial charge in [0, 0.05) is 5.92 Å². The first-order valence-electron chi connectivity index (χ1n) is 3.63. The van der Waals surface area contributed by atoms with Gasteiger partial charge in [0.1, 0.15) is 0 Å². The van der Waals surface area contributed by atoms with Crippen molar-refractivity contribution in [3.63, 3.8) is 0 Å². The molecule has 1 aliphatic carbocycles. The molecule has 68 valence electrons. The van der Waals surface area contributed by atoms with E-state index in [1.54, 1.807) is 13.8 Å². The predicted octanol–water partition coefficient (Wildman–Crippen LogP) is 2.39. The maximum atomic E-state index is 12.2. The lowest BCUT2D eigenvalue weighted by atomic mass is 10.1. The molecule has 12 heavy (non-hydrogen) atoms. The molecule has 0 aliphatic heterocycles. The number of hydrogen-bond acceptors (Lipinski definition) is 1. The van der Waals surface area contributed by atoms with E-state index in [-0.39, 0.29) is 11.3 Å². The zero-order valence-electron chi connectivity index (χ0n) is 6.84. The molecule has 2 atom stereocenters. The summed E-state index contributed by atoms with van der Waals surface area (Å²) in [6.07, 6.45) is 1.17. The van der Waals surface area contributed by atoms with Gasteiger partial charge in [-0.3, -0.25) is 4.79 Å². The van der Waals surface area contributed by atoms with Crippen LogP contribution in [0.15, 0.2) is 11.4 Å². The van der Waals surface area contributed by atoms with Gasteiger partial charge in [-0.25, -0.2) is 0 Å². The fourth-order valence-electron chi connectivity index (χ4n) is 1.60. The zero-order chi connectivity index (χ0) is 9.52. The van der Waals surface area contributed by atoms with Crippen LogP contribution in [0.25, 0.3) is 0 Å². The van der Waals surface area contributed by atoms with Gasteiger partial charge in [0.25, 0.3) is 0 Å². The van der Waals surface area contributed by atoms with Crippen LogP contribution in [0.1, 0.15) is 13.8 Å². The molecule has 1 saturated carbocycles. The monoisotopic (exact) mass is 192 g/mol. The molecule has 0 bridgehead atoms. The van der Waals surface area contributed by atoms with Crippen molar-refractivity contribution in [2.24, 2.45) is 17.3 Å². The molecule has 0 amide bonds.